The molecule has 1 fully saturated rings. The van der Waals surface area contributed by atoms with Gasteiger partial charge in [-0.05, 0) is 30.9 Å². The third kappa shape index (κ3) is 4.04. The Hall–Kier alpha value is -2.81. The predicted molar refractivity (Wildman–Crippen MR) is 105 cm³/mol. The number of piperidine rings is 1. The fourth-order valence-corrected chi connectivity index (χ4v) is 4.23. The van der Waals surface area contributed by atoms with Crippen LogP contribution in [-0.4, -0.2) is 49.1 Å². The summed E-state index contributed by atoms with van der Waals surface area (Å²) in [6.07, 6.45) is 1.25. The van der Waals surface area contributed by atoms with Gasteiger partial charge in [0.15, 0.2) is 16.6 Å². The second kappa shape index (κ2) is 8.05. The monoisotopic (exact) mass is 402 g/mol. The Morgan fingerprint density at radius 2 is 2.00 bits per heavy atom. The molecule has 0 spiro atoms. The molecule has 9 heteroatoms. The van der Waals surface area contributed by atoms with Gasteiger partial charge in [0.25, 0.3) is 11.8 Å². The van der Waals surface area contributed by atoms with E-state index >= 15 is 0 Å². The van der Waals surface area contributed by atoms with Crippen LogP contribution < -0.4 is 25.4 Å². The minimum absolute atomic E-state index is 0.150. The first-order chi connectivity index (χ1) is 13.6. The van der Waals surface area contributed by atoms with Crippen LogP contribution in [0.15, 0.2) is 29.6 Å². The molecular weight excluding hydrogens is 380 g/mol. The average Bonchev–Trinajstić information content (AvgIpc) is 3.23. The number of hydrogen-bond acceptors (Lipinski definition) is 7. The first kappa shape index (κ1) is 18.5. The van der Waals surface area contributed by atoms with Gasteiger partial charge >= 0.3 is 0 Å². The van der Waals surface area contributed by atoms with Crippen molar-refractivity contribution in [3.8, 4) is 11.5 Å². The first-order valence-corrected chi connectivity index (χ1v) is 10.1. The predicted octanol–water partition coefficient (Wildman–Crippen LogP) is 1.41. The maximum absolute atomic E-state index is 12.4. The van der Waals surface area contributed by atoms with Crippen LogP contribution in [0.3, 0.4) is 0 Å². The minimum atomic E-state index is -0.627. The van der Waals surface area contributed by atoms with Gasteiger partial charge in [0.1, 0.15) is 12.3 Å². The molecule has 2 aliphatic heterocycles. The van der Waals surface area contributed by atoms with E-state index in [1.54, 1.807) is 11.4 Å². The highest BCUT2D eigenvalue weighted by Crippen LogP contribution is 2.31. The number of benzene rings is 1. The zero-order chi connectivity index (χ0) is 19.5. The number of carbonyl (C=O) groups excluding carboxylic acids is 2. The fraction of sp³-hybridized carbons (Fsp3) is 0.421. The van der Waals surface area contributed by atoms with Crippen LogP contribution >= 0.6 is 11.3 Å². The average molecular weight is 402 g/mol. The van der Waals surface area contributed by atoms with Crippen LogP contribution in [0.4, 0.5) is 5.13 Å². The maximum Gasteiger partial charge on any atom is 0.268 e. The third-order valence-corrected chi connectivity index (χ3v) is 5.90. The molecule has 0 radical (unpaired) electrons. The van der Waals surface area contributed by atoms with Gasteiger partial charge in [-0.3, -0.25) is 9.59 Å². The number of para-hydroxylation sites is 2. The molecule has 0 bridgehead atoms. The van der Waals surface area contributed by atoms with Crippen LogP contribution in [0, 0.1) is 5.92 Å². The second-order valence-electron chi connectivity index (χ2n) is 6.92. The highest BCUT2D eigenvalue weighted by molar-refractivity contribution is 7.13. The summed E-state index contributed by atoms with van der Waals surface area (Å²) in [6, 6.07) is 7.35. The van der Waals surface area contributed by atoms with Crippen molar-refractivity contribution in [2.45, 2.75) is 18.9 Å². The number of fused-ring (bicyclic) bond motifs is 1. The molecule has 148 valence electrons. The Morgan fingerprint density at radius 3 is 2.71 bits per heavy atom. The van der Waals surface area contributed by atoms with Crippen molar-refractivity contribution < 1.29 is 19.1 Å². The van der Waals surface area contributed by atoms with Crippen LogP contribution in [0.5, 0.6) is 11.5 Å². The summed E-state index contributed by atoms with van der Waals surface area (Å²) < 4.78 is 11.3. The molecule has 28 heavy (non-hydrogen) atoms. The standard InChI is InChI=1S/C19H22N4O4S/c20-17(24)13-11-28-19(22-13)23-7-5-12(6-8-23)9-21-18(25)16-10-26-14-3-1-2-4-15(14)27-16/h1-4,11-12,16H,5-10H2,(H2,20,24)(H,21,25). The van der Waals surface area contributed by atoms with Gasteiger partial charge in [0.05, 0.1) is 0 Å². The quantitative estimate of drug-likeness (QED) is 0.783. The molecule has 1 aromatic carbocycles. The molecular formula is C19H22N4O4S. The van der Waals surface area contributed by atoms with E-state index < -0.39 is 12.0 Å². The smallest absolute Gasteiger partial charge is 0.268 e. The minimum Gasteiger partial charge on any atom is -0.485 e. The Balaban J connectivity index is 1.23. The van der Waals surface area contributed by atoms with Crippen LogP contribution in [-0.2, 0) is 4.79 Å². The van der Waals surface area contributed by atoms with E-state index in [-0.39, 0.29) is 12.5 Å². The second-order valence-corrected chi connectivity index (χ2v) is 7.76. The topological polar surface area (TPSA) is 107 Å². The molecule has 1 atom stereocenters. The number of primary amides is 1. The molecule has 3 N–H and O–H groups in total. The van der Waals surface area contributed by atoms with Gasteiger partial charge in [-0.2, -0.15) is 0 Å². The number of nitrogens with two attached hydrogens (primary N) is 1. The molecule has 3 heterocycles. The van der Waals surface area contributed by atoms with E-state index in [1.807, 2.05) is 18.2 Å². The molecule has 2 amide bonds. The number of hydrogen-bond donors (Lipinski definition) is 2. The molecule has 1 unspecified atom stereocenters. The lowest BCUT2D eigenvalue weighted by Gasteiger charge is -2.32. The molecule has 8 nitrogen and oxygen atoms in total. The first-order valence-electron chi connectivity index (χ1n) is 9.26. The molecule has 1 saturated heterocycles. The number of amides is 2. The third-order valence-electron chi connectivity index (χ3n) is 5.00. The van der Waals surface area contributed by atoms with Gasteiger partial charge in [-0.15, -0.1) is 11.3 Å². The van der Waals surface area contributed by atoms with Crippen molar-refractivity contribution in [1.82, 2.24) is 10.3 Å². The summed E-state index contributed by atoms with van der Waals surface area (Å²) >= 11 is 1.43. The van der Waals surface area contributed by atoms with Gasteiger partial charge < -0.3 is 25.4 Å². The van der Waals surface area contributed by atoms with Crippen molar-refractivity contribution in [3.63, 3.8) is 0 Å². The molecule has 4 rings (SSSR count). The molecule has 2 aliphatic rings. The zero-order valence-corrected chi connectivity index (χ0v) is 16.1. The number of nitrogens with zero attached hydrogens (tertiary/aromatic N) is 2. The Bertz CT molecular complexity index is 863. The number of thiazole rings is 1. The number of nitrogens with one attached hydrogen (secondary N) is 1. The van der Waals surface area contributed by atoms with Crippen molar-refractivity contribution in [2.24, 2.45) is 11.7 Å². The van der Waals surface area contributed by atoms with E-state index in [0.29, 0.717) is 29.7 Å². The van der Waals surface area contributed by atoms with E-state index in [2.05, 4.69) is 15.2 Å². The molecule has 2 aromatic rings. The summed E-state index contributed by atoms with van der Waals surface area (Å²) in [5.74, 6) is 1.01. The Kier molecular flexibility index (Phi) is 5.34. The van der Waals surface area contributed by atoms with E-state index in [0.717, 1.165) is 31.1 Å². The summed E-state index contributed by atoms with van der Waals surface area (Å²) in [7, 11) is 0. The van der Waals surface area contributed by atoms with Crippen LogP contribution in [0.1, 0.15) is 23.3 Å². The summed E-state index contributed by atoms with van der Waals surface area (Å²) in [5, 5.41) is 5.50. The lowest BCUT2D eigenvalue weighted by Crippen LogP contribution is -2.46. The highest BCUT2D eigenvalue weighted by atomic mass is 32.1. The summed E-state index contributed by atoms with van der Waals surface area (Å²) in [6.45, 7) is 2.50. The van der Waals surface area contributed by atoms with E-state index in [1.165, 1.54) is 11.3 Å². The highest BCUT2D eigenvalue weighted by Gasteiger charge is 2.28. The van der Waals surface area contributed by atoms with Crippen molar-refractivity contribution >= 4 is 28.3 Å². The fourth-order valence-electron chi connectivity index (χ4n) is 3.36. The Morgan fingerprint density at radius 1 is 1.25 bits per heavy atom. The zero-order valence-electron chi connectivity index (χ0n) is 15.3. The van der Waals surface area contributed by atoms with Crippen molar-refractivity contribution in [2.75, 3.05) is 31.1 Å². The lowest BCUT2D eigenvalue weighted by molar-refractivity contribution is -0.130. The summed E-state index contributed by atoms with van der Waals surface area (Å²) in [5.41, 5.74) is 5.57. The molecule has 0 aliphatic carbocycles. The van der Waals surface area contributed by atoms with Gasteiger partial charge in [0.2, 0.25) is 6.10 Å². The van der Waals surface area contributed by atoms with Gasteiger partial charge in [-0.1, -0.05) is 12.1 Å². The SMILES string of the molecule is NC(=O)c1csc(N2CCC(CNC(=O)C3COc4ccccc4O3)CC2)n1. The lowest BCUT2D eigenvalue weighted by atomic mass is 9.97. The van der Waals surface area contributed by atoms with E-state index in [9.17, 15) is 9.59 Å². The van der Waals surface area contributed by atoms with Crippen molar-refractivity contribution in [3.05, 3.63) is 35.3 Å². The largest absolute Gasteiger partial charge is 0.485 e. The normalized spacial score (nSPS) is 19.3. The van der Waals surface area contributed by atoms with Gasteiger partial charge in [0, 0.05) is 25.0 Å². The maximum atomic E-state index is 12.4. The molecule has 1 aromatic heterocycles. The van der Waals surface area contributed by atoms with Crippen molar-refractivity contribution in [1.29, 1.82) is 0 Å². The molecule has 0 saturated carbocycles. The van der Waals surface area contributed by atoms with Crippen LogP contribution in [0.25, 0.3) is 0 Å². The number of ether oxygens (including phenoxy) is 2. The Labute approximate surface area is 166 Å². The summed E-state index contributed by atoms with van der Waals surface area (Å²) in [4.78, 5) is 30.0. The number of aromatic nitrogens is 1. The number of rotatable bonds is 5. The number of anilines is 1. The van der Waals surface area contributed by atoms with Crippen LogP contribution in [0.2, 0.25) is 0 Å². The van der Waals surface area contributed by atoms with E-state index in [4.69, 9.17) is 15.2 Å². The number of carbonyl (C=O) groups is 2. The van der Waals surface area contributed by atoms with Gasteiger partial charge in [-0.25, -0.2) is 4.98 Å².